The molecule has 1 heterocycles. The molecule has 2 aromatic rings. The number of nitrogens with zero attached hydrogens (tertiary/aromatic N) is 4. The fourth-order valence-corrected chi connectivity index (χ4v) is 3.66. The minimum Gasteiger partial charge on any atom is -0.287 e. The van der Waals surface area contributed by atoms with E-state index in [1.807, 2.05) is 0 Å². The van der Waals surface area contributed by atoms with Gasteiger partial charge >= 0.3 is 10.2 Å². The molecule has 0 amide bonds. The quantitative estimate of drug-likeness (QED) is 0.726. The first-order chi connectivity index (χ1) is 11.1. The van der Waals surface area contributed by atoms with Crippen LogP contribution in [0.5, 0.6) is 0 Å². The predicted octanol–water partition coefficient (Wildman–Crippen LogP) is 2.60. The van der Waals surface area contributed by atoms with Crippen LogP contribution in [0.4, 0.5) is 0 Å². The van der Waals surface area contributed by atoms with E-state index in [0.717, 1.165) is 10.5 Å². The van der Waals surface area contributed by atoms with Crippen molar-refractivity contribution in [1.82, 2.24) is 13.3 Å². The van der Waals surface area contributed by atoms with Gasteiger partial charge in [0.25, 0.3) is 0 Å². The Kier molecular flexibility index (Phi) is 5.22. The van der Waals surface area contributed by atoms with Gasteiger partial charge < -0.3 is 0 Å². The minimum absolute atomic E-state index is 0.0129. The molecule has 0 unspecified atom stereocenters. The summed E-state index contributed by atoms with van der Waals surface area (Å²) in [5.74, 6) is -1.20. The summed E-state index contributed by atoms with van der Waals surface area (Å²) in [6.07, 6.45) is 0.942. The fraction of sp³-hybridized carbons (Fsp3) is 0.154. The molecule has 2 rings (SSSR count). The average molecular weight is 408 g/mol. The summed E-state index contributed by atoms with van der Waals surface area (Å²) in [4.78, 5) is 16.3. The van der Waals surface area contributed by atoms with Crippen LogP contribution in [0.15, 0.2) is 18.3 Å². The van der Waals surface area contributed by atoms with Crippen LogP contribution < -0.4 is 0 Å². The first-order valence-corrected chi connectivity index (χ1v) is 8.74. The Morgan fingerprint density at radius 3 is 2.25 bits per heavy atom. The number of rotatable bonds is 4. The van der Waals surface area contributed by atoms with Crippen molar-refractivity contribution in [3.63, 3.8) is 0 Å². The number of carbonyl (C=O) groups is 1. The lowest BCUT2D eigenvalue weighted by molar-refractivity contribution is 0.103. The van der Waals surface area contributed by atoms with E-state index in [1.54, 1.807) is 6.07 Å². The number of imidazole rings is 1. The van der Waals surface area contributed by atoms with Gasteiger partial charge in [0.2, 0.25) is 11.6 Å². The lowest BCUT2D eigenvalue weighted by Crippen LogP contribution is -2.29. The van der Waals surface area contributed by atoms with E-state index in [2.05, 4.69) is 4.98 Å². The van der Waals surface area contributed by atoms with Crippen LogP contribution in [0.25, 0.3) is 0 Å². The summed E-state index contributed by atoms with van der Waals surface area (Å²) >= 11 is 17.8. The van der Waals surface area contributed by atoms with Crippen LogP contribution in [0, 0.1) is 11.3 Å². The molecule has 0 saturated heterocycles. The maximum absolute atomic E-state index is 12.6. The van der Waals surface area contributed by atoms with E-state index in [0.29, 0.717) is 3.97 Å². The molecule has 0 spiro atoms. The van der Waals surface area contributed by atoms with E-state index in [1.165, 1.54) is 26.2 Å². The molecular formula is C13H9Cl3N4O3S. The number of benzene rings is 1. The Bertz CT molecular complexity index is 954. The number of aromatic nitrogens is 2. The van der Waals surface area contributed by atoms with Crippen molar-refractivity contribution < 1.29 is 13.2 Å². The van der Waals surface area contributed by atoms with E-state index < -0.39 is 21.8 Å². The van der Waals surface area contributed by atoms with Crippen LogP contribution in [0.3, 0.4) is 0 Å². The third kappa shape index (κ3) is 3.27. The van der Waals surface area contributed by atoms with Crippen molar-refractivity contribution >= 4 is 50.8 Å². The van der Waals surface area contributed by atoms with Crippen LogP contribution in [-0.2, 0) is 10.2 Å². The first kappa shape index (κ1) is 18.7. The number of hydrogen-bond acceptors (Lipinski definition) is 5. The lowest BCUT2D eigenvalue weighted by atomic mass is 10.1. The molecule has 0 bridgehead atoms. The highest BCUT2D eigenvalue weighted by molar-refractivity contribution is 7.87. The van der Waals surface area contributed by atoms with Gasteiger partial charge in [-0.25, -0.2) is 8.96 Å². The molecule has 0 fully saturated rings. The summed E-state index contributed by atoms with van der Waals surface area (Å²) in [5.41, 5.74) is -0.373. The maximum Gasteiger partial charge on any atom is 0.309 e. The van der Waals surface area contributed by atoms with Gasteiger partial charge in [-0.3, -0.25) is 4.79 Å². The molecule has 0 aliphatic carbocycles. The molecule has 0 aliphatic heterocycles. The fourth-order valence-electron chi connectivity index (χ4n) is 1.79. The molecule has 0 saturated carbocycles. The molecule has 1 aromatic carbocycles. The van der Waals surface area contributed by atoms with Gasteiger partial charge in [-0.15, -0.1) is 0 Å². The molecule has 11 heteroatoms. The Labute approximate surface area is 153 Å². The smallest absolute Gasteiger partial charge is 0.287 e. The summed E-state index contributed by atoms with van der Waals surface area (Å²) in [5, 5.41) is 9.29. The molecule has 0 radical (unpaired) electrons. The molecule has 7 nitrogen and oxygen atoms in total. The van der Waals surface area contributed by atoms with E-state index in [4.69, 9.17) is 40.1 Å². The highest BCUT2D eigenvalue weighted by atomic mass is 35.5. The molecule has 126 valence electrons. The molecular weight excluding hydrogens is 399 g/mol. The van der Waals surface area contributed by atoms with Crippen LogP contribution in [0.2, 0.25) is 15.1 Å². The number of halogens is 3. The Morgan fingerprint density at radius 2 is 1.79 bits per heavy atom. The number of carbonyl (C=O) groups excluding carboxylic acids is 1. The molecule has 1 aromatic heterocycles. The molecule has 0 N–H and O–H groups in total. The molecule has 0 aliphatic rings. The van der Waals surface area contributed by atoms with Gasteiger partial charge in [0.1, 0.15) is 11.8 Å². The number of hydrogen-bond donors (Lipinski definition) is 0. The van der Waals surface area contributed by atoms with Crippen molar-refractivity contribution in [2.45, 2.75) is 0 Å². The summed E-state index contributed by atoms with van der Waals surface area (Å²) < 4.78 is 25.8. The maximum atomic E-state index is 12.6. The van der Waals surface area contributed by atoms with Crippen molar-refractivity contribution in [1.29, 1.82) is 5.26 Å². The van der Waals surface area contributed by atoms with Crippen LogP contribution in [0.1, 0.15) is 21.9 Å². The first-order valence-electron chi connectivity index (χ1n) is 6.21. The van der Waals surface area contributed by atoms with Gasteiger partial charge in [-0.1, -0.05) is 34.8 Å². The largest absolute Gasteiger partial charge is 0.309 e. The third-order valence-corrected chi connectivity index (χ3v) is 5.46. The standard InChI is InChI=1S/C13H9Cl3N4O3S/c1-19(2)24(22,23)20-6-10(18-11(20)5-17)13(21)12-8(15)3-7(14)4-9(12)16/h3-4,6H,1-2H3. The van der Waals surface area contributed by atoms with E-state index in [9.17, 15) is 13.2 Å². The highest BCUT2D eigenvalue weighted by Crippen LogP contribution is 2.30. The normalized spacial score (nSPS) is 11.5. The van der Waals surface area contributed by atoms with Crippen molar-refractivity contribution in [3.8, 4) is 6.07 Å². The van der Waals surface area contributed by atoms with Gasteiger partial charge in [-0.05, 0) is 12.1 Å². The minimum atomic E-state index is -4.02. The summed E-state index contributed by atoms with van der Waals surface area (Å²) in [6, 6.07) is 4.27. The molecule has 24 heavy (non-hydrogen) atoms. The zero-order chi connectivity index (χ0) is 18.2. The topological polar surface area (TPSA) is 96.1 Å². The Hall–Kier alpha value is -1.63. The van der Waals surface area contributed by atoms with Gasteiger partial charge in [-0.2, -0.15) is 18.0 Å². The van der Waals surface area contributed by atoms with Gasteiger partial charge in [0, 0.05) is 19.1 Å². The van der Waals surface area contributed by atoms with Crippen molar-refractivity contribution in [2.75, 3.05) is 14.1 Å². The Morgan fingerprint density at radius 1 is 1.25 bits per heavy atom. The molecule has 0 atom stereocenters. The second-order valence-electron chi connectivity index (χ2n) is 4.72. The van der Waals surface area contributed by atoms with Gasteiger partial charge in [0.05, 0.1) is 21.8 Å². The van der Waals surface area contributed by atoms with E-state index >= 15 is 0 Å². The van der Waals surface area contributed by atoms with Crippen LogP contribution in [-0.4, -0.2) is 41.6 Å². The van der Waals surface area contributed by atoms with Crippen molar-refractivity contribution in [3.05, 3.63) is 50.5 Å². The number of nitriles is 1. The average Bonchev–Trinajstić information content (AvgIpc) is 2.90. The second-order valence-corrected chi connectivity index (χ2v) is 7.99. The van der Waals surface area contributed by atoms with Crippen LogP contribution >= 0.6 is 34.8 Å². The van der Waals surface area contributed by atoms with Crippen molar-refractivity contribution in [2.24, 2.45) is 0 Å². The monoisotopic (exact) mass is 406 g/mol. The lowest BCUT2D eigenvalue weighted by Gasteiger charge is -2.11. The zero-order valence-electron chi connectivity index (χ0n) is 12.3. The SMILES string of the molecule is CN(C)S(=O)(=O)n1cc(C(=O)c2c(Cl)cc(Cl)cc2Cl)nc1C#N. The highest BCUT2D eigenvalue weighted by Gasteiger charge is 2.26. The predicted molar refractivity (Wildman–Crippen MR) is 89.9 cm³/mol. The number of ketones is 1. The third-order valence-electron chi connectivity index (χ3n) is 2.95. The van der Waals surface area contributed by atoms with Gasteiger partial charge in [0.15, 0.2) is 0 Å². The summed E-state index contributed by atoms with van der Waals surface area (Å²) in [6.45, 7) is 0. The Balaban J connectivity index is 2.62. The summed E-state index contributed by atoms with van der Waals surface area (Å²) in [7, 11) is -1.45. The zero-order valence-corrected chi connectivity index (χ0v) is 15.4. The van der Waals surface area contributed by atoms with E-state index in [-0.39, 0.29) is 26.3 Å². The second kappa shape index (κ2) is 6.70.